The molecule has 0 heterocycles. The Labute approximate surface area is 110 Å². The molecule has 18 heavy (non-hydrogen) atoms. The predicted molar refractivity (Wildman–Crippen MR) is 72.2 cm³/mol. The van der Waals surface area contributed by atoms with Gasteiger partial charge in [-0.05, 0) is 74.7 Å². The minimum Gasteiger partial charge on any atom is -0.357 e. The van der Waals surface area contributed by atoms with E-state index in [1.54, 1.807) is 0 Å². The molecule has 4 fully saturated rings. The van der Waals surface area contributed by atoms with E-state index in [9.17, 15) is 4.79 Å². The minimum absolute atomic E-state index is 0.694. The average Bonchev–Trinajstić information content (AvgIpc) is 2.32. The van der Waals surface area contributed by atoms with Gasteiger partial charge in [0.25, 0.3) is 0 Å². The van der Waals surface area contributed by atoms with E-state index in [1.165, 1.54) is 44.9 Å². The number of carbonyl (C=O) groups excluding carboxylic acids is 1. The molecule has 1 amide bonds. The summed E-state index contributed by atoms with van der Waals surface area (Å²) in [7, 11) is 0. The molecule has 0 aromatic carbocycles. The molecule has 3 heteroatoms. The van der Waals surface area contributed by atoms with Crippen LogP contribution in [0.25, 0.3) is 0 Å². The van der Waals surface area contributed by atoms with E-state index in [-0.39, 0.29) is 0 Å². The fourth-order valence-corrected chi connectivity index (χ4v) is 5.29. The van der Waals surface area contributed by atoms with Gasteiger partial charge in [-0.2, -0.15) is 0 Å². The number of nitrogens with one attached hydrogen (secondary N) is 2. The van der Waals surface area contributed by atoms with Crippen molar-refractivity contribution < 1.29 is 4.79 Å². The normalized spacial score (nSPS) is 41.0. The first-order valence-corrected chi connectivity index (χ1v) is 7.67. The molecule has 2 N–H and O–H groups in total. The average molecular weight is 250 g/mol. The van der Waals surface area contributed by atoms with E-state index in [0.29, 0.717) is 5.41 Å². The lowest BCUT2D eigenvalue weighted by Crippen LogP contribution is -2.47. The molecule has 0 saturated heterocycles. The summed E-state index contributed by atoms with van der Waals surface area (Å²) in [4.78, 5) is 10.1. The molecule has 102 valence electrons. The van der Waals surface area contributed by atoms with Crippen LogP contribution in [0.3, 0.4) is 0 Å². The number of hydrogen-bond acceptors (Lipinski definition) is 2. The molecular weight excluding hydrogens is 224 g/mol. The smallest absolute Gasteiger partial charge is 0.207 e. The topological polar surface area (TPSA) is 41.1 Å². The molecule has 0 unspecified atom stereocenters. The van der Waals surface area contributed by atoms with Crippen LogP contribution < -0.4 is 10.6 Å². The number of carbonyl (C=O) groups is 1. The lowest BCUT2D eigenvalue weighted by atomic mass is 9.49. The molecule has 3 nitrogen and oxygen atoms in total. The van der Waals surface area contributed by atoms with Crippen LogP contribution in [0.1, 0.15) is 44.9 Å². The summed E-state index contributed by atoms with van der Waals surface area (Å²) in [6.45, 7) is 2.79. The highest BCUT2D eigenvalue weighted by Crippen LogP contribution is 2.61. The summed E-state index contributed by atoms with van der Waals surface area (Å²) in [6, 6.07) is 0. The van der Waals surface area contributed by atoms with Crippen molar-refractivity contribution in [3.63, 3.8) is 0 Å². The van der Waals surface area contributed by atoms with Crippen molar-refractivity contribution in [3.05, 3.63) is 0 Å². The van der Waals surface area contributed by atoms with Crippen LogP contribution in [0.2, 0.25) is 0 Å². The van der Waals surface area contributed by atoms with Crippen molar-refractivity contribution in [1.82, 2.24) is 10.6 Å². The van der Waals surface area contributed by atoms with Gasteiger partial charge in [0.15, 0.2) is 0 Å². The van der Waals surface area contributed by atoms with E-state index < -0.39 is 0 Å². The van der Waals surface area contributed by atoms with Crippen LogP contribution >= 0.6 is 0 Å². The zero-order chi connectivity index (χ0) is 12.4. The Balaban J connectivity index is 1.43. The lowest BCUT2D eigenvalue weighted by Gasteiger charge is -2.57. The van der Waals surface area contributed by atoms with Gasteiger partial charge in [-0.3, -0.25) is 4.79 Å². The van der Waals surface area contributed by atoms with Gasteiger partial charge in [0.1, 0.15) is 0 Å². The Morgan fingerprint density at radius 1 is 0.944 bits per heavy atom. The summed E-state index contributed by atoms with van der Waals surface area (Å²) in [5, 5.41) is 6.17. The van der Waals surface area contributed by atoms with Crippen LogP contribution in [-0.2, 0) is 4.79 Å². The van der Waals surface area contributed by atoms with Gasteiger partial charge >= 0.3 is 0 Å². The van der Waals surface area contributed by atoms with Crippen molar-refractivity contribution in [1.29, 1.82) is 0 Å². The van der Waals surface area contributed by atoms with Gasteiger partial charge in [0.2, 0.25) is 6.41 Å². The van der Waals surface area contributed by atoms with Crippen LogP contribution in [0.5, 0.6) is 0 Å². The third-order valence-electron chi connectivity index (χ3n) is 5.53. The van der Waals surface area contributed by atoms with Crippen molar-refractivity contribution in [2.45, 2.75) is 44.9 Å². The molecule has 0 atom stereocenters. The summed E-state index contributed by atoms with van der Waals surface area (Å²) in [5.74, 6) is 3.19. The van der Waals surface area contributed by atoms with Crippen LogP contribution in [0, 0.1) is 23.2 Å². The summed E-state index contributed by atoms with van der Waals surface area (Å²) < 4.78 is 0. The Kier molecular flexibility index (Phi) is 3.60. The fraction of sp³-hybridized carbons (Fsp3) is 0.933. The van der Waals surface area contributed by atoms with Gasteiger partial charge in [0.05, 0.1) is 0 Å². The molecular formula is C15H26N2O. The second-order valence-corrected chi connectivity index (χ2v) is 6.99. The highest BCUT2D eigenvalue weighted by Gasteiger charge is 2.50. The zero-order valence-electron chi connectivity index (χ0n) is 11.3. The van der Waals surface area contributed by atoms with Gasteiger partial charge in [0, 0.05) is 13.1 Å². The van der Waals surface area contributed by atoms with E-state index in [2.05, 4.69) is 10.6 Å². The molecule has 0 spiro atoms. The second kappa shape index (κ2) is 5.20. The van der Waals surface area contributed by atoms with E-state index in [1.807, 2.05) is 0 Å². The fourth-order valence-electron chi connectivity index (χ4n) is 5.29. The molecule has 0 aromatic rings. The predicted octanol–water partition coefficient (Wildman–Crippen LogP) is 1.93. The Morgan fingerprint density at radius 3 is 2.11 bits per heavy atom. The number of amides is 1. The quantitative estimate of drug-likeness (QED) is 0.535. The number of rotatable bonds is 7. The molecule has 4 rings (SSSR count). The monoisotopic (exact) mass is 250 g/mol. The van der Waals surface area contributed by atoms with E-state index >= 15 is 0 Å². The molecule has 4 saturated carbocycles. The maximum absolute atomic E-state index is 10.1. The maximum atomic E-state index is 10.1. The standard InChI is InChI=1S/C15H26N2O/c18-11-17-4-3-16-2-1-15-8-12-5-13(9-15)7-14(6-12)10-15/h11-14,16H,1-10H2,(H,17,18). The first-order valence-electron chi connectivity index (χ1n) is 7.67. The third-order valence-corrected chi connectivity index (χ3v) is 5.53. The first kappa shape index (κ1) is 12.5. The molecule has 4 aliphatic rings. The molecule has 0 aromatic heterocycles. The molecule has 4 aliphatic carbocycles. The number of hydrogen-bond donors (Lipinski definition) is 2. The van der Waals surface area contributed by atoms with Crippen molar-refractivity contribution >= 4 is 6.41 Å². The first-order chi connectivity index (χ1) is 8.80. The summed E-state index contributed by atoms with van der Waals surface area (Å²) >= 11 is 0. The van der Waals surface area contributed by atoms with Crippen LogP contribution in [0.15, 0.2) is 0 Å². The Hall–Kier alpha value is -0.570. The van der Waals surface area contributed by atoms with Gasteiger partial charge in [-0.25, -0.2) is 0 Å². The van der Waals surface area contributed by atoms with Crippen LogP contribution in [-0.4, -0.2) is 26.0 Å². The van der Waals surface area contributed by atoms with Crippen molar-refractivity contribution in [3.8, 4) is 0 Å². The SMILES string of the molecule is O=CNCCNCCC12CC3CC(CC(C3)C1)C2. The Morgan fingerprint density at radius 2 is 1.56 bits per heavy atom. The van der Waals surface area contributed by atoms with Crippen molar-refractivity contribution in [2.24, 2.45) is 23.2 Å². The van der Waals surface area contributed by atoms with E-state index in [0.717, 1.165) is 43.8 Å². The largest absolute Gasteiger partial charge is 0.357 e. The zero-order valence-corrected chi connectivity index (χ0v) is 11.3. The van der Waals surface area contributed by atoms with Crippen LogP contribution in [0.4, 0.5) is 0 Å². The summed E-state index contributed by atoms with van der Waals surface area (Å²) in [6.07, 6.45) is 11.3. The van der Waals surface area contributed by atoms with Gasteiger partial charge in [-0.1, -0.05) is 0 Å². The highest BCUT2D eigenvalue weighted by atomic mass is 16.1. The lowest BCUT2D eigenvalue weighted by molar-refractivity contribution is -0.109. The molecule has 0 aliphatic heterocycles. The highest BCUT2D eigenvalue weighted by molar-refractivity contribution is 5.45. The Bertz CT molecular complexity index is 268. The molecule has 0 radical (unpaired) electrons. The maximum Gasteiger partial charge on any atom is 0.207 e. The van der Waals surface area contributed by atoms with Crippen molar-refractivity contribution in [2.75, 3.05) is 19.6 Å². The van der Waals surface area contributed by atoms with Gasteiger partial charge in [-0.15, -0.1) is 0 Å². The second-order valence-electron chi connectivity index (χ2n) is 6.99. The minimum atomic E-state index is 0.694. The summed E-state index contributed by atoms with van der Waals surface area (Å²) in [5.41, 5.74) is 0.694. The van der Waals surface area contributed by atoms with E-state index in [4.69, 9.17) is 0 Å². The molecule has 4 bridgehead atoms. The van der Waals surface area contributed by atoms with Gasteiger partial charge < -0.3 is 10.6 Å². The third kappa shape index (κ3) is 2.56.